The Labute approximate surface area is 116 Å². The molecule has 1 unspecified atom stereocenters. The molecule has 1 atom stereocenters. The molecule has 0 amide bonds. The molecule has 7 heteroatoms. The van der Waals surface area contributed by atoms with Gasteiger partial charge in [0.25, 0.3) is 0 Å². The second-order valence-corrected chi connectivity index (χ2v) is 4.98. The van der Waals surface area contributed by atoms with Gasteiger partial charge in [-0.3, -0.25) is 0 Å². The maximum absolute atomic E-state index is 13.5. The molecule has 1 rings (SSSR count). The van der Waals surface area contributed by atoms with Crippen LogP contribution >= 0.6 is 15.9 Å². The van der Waals surface area contributed by atoms with E-state index in [0.717, 1.165) is 0 Å². The third kappa shape index (κ3) is 3.89. The smallest absolute Gasteiger partial charge is 0.305 e. The van der Waals surface area contributed by atoms with Gasteiger partial charge in [-0.15, -0.1) is 0 Å². The van der Waals surface area contributed by atoms with Gasteiger partial charge in [0.15, 0.2) is 0 Å². The highest BCUT2D eigenvalue weighted by atomic mass is 79.9. The van der Waals surface area contributed by atoms with Gasteiger partial charge in [0.05, 0.1) is 0 Å². The quantitative estimate of drug-likeness (QED) is 0.763. The van der Waals surface area contributed by atoms with Gasteiger partial charge in [0.2, 0.25) is 0 Å². The zero-order valence-electron chi connectivity index (χ0n) is 10.1. The number of benzene rings is 1. The Bertz CT molecular complexity index is 402. The fourth-order valence-corrected chi connectivity index (χ4v) is 1.83. The molecule has 19 heavy (non-hydrogen) atoms. The maximum atomic E-state index is 13.5. The fourth-order valence-electron chi connectivity index (χ4n) is 1.56. The van der Waals surface area contributed by atoms with Gasteiger partial charge in [0, 0.05) is 4.47 Å². The number of halogens is 6. The molecule has 0 fully saturated rings. The van der Waals surface area contributed by atoms with E-state index in [1.807, 2.05) is 0 Å². The largest absolute Gasteiger partial charge is 0.455 e. The lowest BCUT2D eigenvalue weighted by Gasteiger charge is -2.29. The summed E-state index contributed by atoms with van der Waals surface area (Å²) in [7, 11) is 0. The van der Waals surface area contributed by atoms with Gasteiger partial charge in [-0.25, -0.2) is 0 Å². The predicted molar refractivity (Wildman–Crippen MR) is 66.2 cm³/mol. The molecule has 108 valence electrons. The summed E-state index contributed by atoms with van der Waals surface area (Å²) in [5.74, 6) is -4.82. The lowest BCUT2D eigenvalue weighted by molar-refractivity contribution is -0.294. The van der Waals surface area contributed by atoms with Crippen molar-refractivity contribution in [3.63, 3.8) is 0 Å². The Balaban J connectivity index is 3.11. The van der Waals surface area contributed by atoms with E-state index in [-0.39, 0.29) is 12.1 Å². The number of hydrogen-bond acceptors (Lipinski definition) is 1. The van der Waals surface area contributed by atoms with E-state index in [0.29, 0.717) is 10.9 Å². The van der Waals surface area contributed by atoms with Crippen LogP contribution in [0.2, 0.25) is 0 Å². The van der Waals surface area contributed by atoms with Gasteiger partial charge in [-0.05, 0) is 30.7 Å². The monoisotopic (exact) mass is 345 g/mol. The molecule has 0 saturated heterocycles. The van der Waals surface area contributed by atoms with Crippen LogP contribution in [0.4, 0.5) is 22.0 Å². The summed E-state index contributed by atoms with van der Waals surface area (Å²) in [4.78, 5) is 0. The first kappa shape index (κ1) is 16.4. The van der Waals surface area contributed by atoms with E-state index in [2.05, 4.69) is 21.2 Å². The lowest BCUT2D eigenvalue weighted by atomic mass is 10.00. The number of nitrogens with one attached hydrogen (secondary N) is 1. The molecule has 0 aliphatic rings. The molecular weight excluding hydrogens is 333 g/mol. The summed E-state index contributed by atoms with van der Waals surface area (Å²) in [5.41, 5.74) is -0.0982. The van der Waals surface area contributed by atoms with Crippen LogP contribution in [0.3, 0.4) is 0 Å². The first-order valence-corrected chi connectivity index (χ1v) is 6.42. The van der Waals surface area contributed by atoms with Crippen LogP contribution in [0.25, 0.3) is 0 Å². The first-order chi connectivity index (χ1) is 8.70. The zero-order chi connectivity index (χ0) is 14.7. The molecule has 1 nitrogen and oxygen atoms in total. The SMILES string of the molecule is CCCNC(c1ccc(Br)cc1)C(F)(F)C(F)(F)F. The van der Waals surface area contributed by atoms with Crippen molar-refractivity contribution in [1.82, 2.24) is 5.32 Å². The highest BCUT2D eigenvalue weighted by Crippen LogP contribution is 2.44. The molecule has 0 saturated carbocycles. The van der Waals surface area contributed by atoms with E-state index >= 15 is 0 Å². The number of alkyl halides is 5. The topological polar surface area (TPSA) is 12.0 Å². The third-order valence-electron chi connectivity index (χ3n) is 2.54. The minimum absolute atomic E-state index is 0.0758. The summed E-state index contributed by atoms with van der Waals surface area (Å²) in [5, 5.41) is 2.27. The molecule has 0 aliphatic heterocycles. The Morgan fingerprint density at radius 2 is 1.63 bits per heavy atom. The van der Waals surface area contributed by atoms with Gasteiger partial charge >= 0.3 is 12.1 Å². The predicted octanol–water partition coefficient (Wildman–Crippen LogP) is 4.69. The molecule has 1 aromatic carbocycles. The van der Waals surface area contributed by atoms with Crippen molar-refractivity contribution in [1.29, 1.82) is 0 Å². The average molecular weight is 346 g/mol. The lowest BCUT2D eigenvalue weighted by Crippen LogP contribution is -2.48. The molecule has 0 aliphatic carbocycles. The van der Waals surface area contributed by atoms with Crippen LogP contribution < -0.4 is 5.32 Å². The molecule has 0 heterocycles. The summed E-state index contributed by atoms with van der Waals surface area (Å²) < 4.78 is 65.1. The second-order valence-electron chi connectivity index (χ2n) is 4.06. The summed E-state index contributed by atoms with van der Waals surface area (Å²) in [6, 6.07) is 3.28. The Morgan fingerprint density at radius 3 is 2.05 bits per heavy atom. The van der Waals surface area contributed by atoms with Gasteiger partial charge in [-0.2, -0.15) is 22.0 Å². The normalized spacial score (nSPS) is 14.5. The number of rotatable bonds is 5. The van der Waals surface area contributed by atoms with Crippen molar-refractivity contribution in [3.05, 3.63) is 34.3 Å². The summed E-state index contributed by atoms with van der Waals surface area (Å²) >= 11 is 3.11. The minimum atomic E-state index is -5.59. The third-order valence-corrected chi connectivity index (χ3v) is 3.07. The van der Waals surface area contributed by atoms with Crippen molar-refractivity contribution < 1.29 is 22.0 Å². The van der Waals surface area contributed by atoms with Crippen LogP contribution in [0.1, 0.15) is 24.9 Å². The summed E-state index contributed by atoms with van der Waals surface area (Å²) in [6.07, 6.45) is -5.13. The fraction of sp³-hybridized carbons (Fsp3) is 0.500. The molecule has 0 aromatic heterocycles. The highest BCUT2D eigenvalue weighted by Gasteiger charge is 2.62. The average Bonchev–Trinajstić information content (AvgIpc) is 2.30. The van der Waals surface area contributed by atoms with Crippen molar-refractivity contribution in [2.24, 2.45) is 0 Å². The van der Waals surface area contributed by atoms with Crippen LogP contribution in [-0.2, 0) is 0 Å². The standard InChI is InChI=1S/C12H13BrF5N/c1-2-7-19-10(11(14,15)12(16,17)18)8-3-5-9(13)6-4-8/h3-6,10,19H,2,7H2,1H3. The van der Waals surface area contributed by atoms with E-state index in [1.54, 1.807) is 6.92 Å². The van der Waals surface area contributed by atoms with Crippen LogP contribution in [-0.4, -0.2) is 18.6 Å². The van der Waals surface area contributed by atoms with Crippen LogP contribution in [0.5, 0.6) is 0 Å². The van der Waals surface area contributed by atoms with Crippen molar-refractivity contribution >= 4 is 15.9 Å². The van der Waals surface area contributed by atoms with Crippen LogP contribution in [0, 0.1) is 0 Å². The Morgan fingerprint density at radius 1 is 1.11 bits per heavy atom. The van der Waals surface area contributed by atoms with Crippen molar-refractivity contribution in [2.45, 2.75) is 31.5 Å². The van der Waals surface area contributed by atoms with E-state index in [4.69, 9.17) is 0 Å². The highest BCUT2D eigenvalue weighted by molar-refractivity contribution is 9.10. The van der Waals surface area contributed by atoms with Crippen molar-refractivity contribution in [3.8, 4) is 0 Å². The van der Waals surface area contributed by atoms with Gasteiger partial charge < -0.3 is 5.32 Å². The maximum Gasteiger partial charge on any atom is 0.455 e. The molecule has 1 aromatic rings. The minimum Gasteiger partial charge on any atom is -0.305 e. The molecule has 0 spiro atoms. The molecule has 0 bridgehead atoms. The summed E-state index contributed by atoms with van der Waals surface area (Å²) in [6.45, 7) is 1.77. The van der Waals surface area contributed by atoms with Crippen molar-refractivity contribution in [2.75, 3.05) is 6.54 Å². The molecule has 1 N–H and O–H groups in total. The van der Waals surface area contributed by atoms with Gasteiger partial charge in [-0.1, -0.05) is 35.0 Å². The van der Waals surface area contributed by atoms with Gasteiger partial charge in [0.1, 0.15) is 6.04 Å². The Kier molecular flexibility index (Phi) is 5.32. The first-order valence-electron chi connectivity index (χ1n) is 5.63. The molecule has 0 radical (unpaired) electrons. The second kappa shape index (κ2) is 6.17. The van der Waals surface area contributed by atoms with Crippen LogP contribution in [0.15, 0.2) is 28.7 Å². The molecular formula is C12H13BrF5N. The number of hydrogen-bond donors (Lipinski definition) is 1. The van der Waals surface area contributed by atoms with E-state index in [1.165, 1.54) is 24.3 Å². The zero-order valence-corrected chi connectivity index (χ0v) is 11.7. The Hall–Kier alpha value is -0.690. The van der Waals surface area contributed by atoms with E-state index < -0.39 is 18.1 Å². The van der Waals surface area contributed by atoms with E-state index in [9.17, 15) is 22.0 Å².